The van der Waals surface area contributed by atoms with Crippen molar-refractivity contribution in [2.24, 2.45) is 0 Å². The maximum absolute atomic E-state index is 5.46. The first kappa shape index (κ1) is 9.92. The summed E-state index contributed by atoms with van der Waals surface area (Å²) in [7, 11) is 1.69. The van der Waals surface area contributed by atoms with Gasteiger partial charge in [-0.25, -0.2) is 0 Å². The zero-order chi connectivity index (χ0) is 7.82. The lowest BCUT2D eigenvalue weighted by Gasteiger charge is -2.12. The summed E-state index contributed by atoms with van der Waals surface area (Å²) < 4.78 is 10.3. The summed E-state index contributed by atoms with van der Waals surface area (Å²) in [6.07, 6.45) is 2.62. The highest BCUT2D eigenvalue weighted by Crippen LogP contribution is 2.01. The first-order valence-electron chi connectivity index (χ1n) is 3.95. The largest absolute Gasteiger partial charge is 0.382 e. The molecule has 0 saturated carbocycles. The lowest BCUT2D eigenvalue weighted by Crippen LogP contribution is -2.13. The Bertz CT molecular complexity index is 60.3. The molecule has 0 saturated heterocycles. The van der Waals surface area contributed by atoms with Gasteiger partial charge >= 0.3 is 0 Å². The van der Waals surface area contributed by atoms with Crippen LogP contribution in [0.3, 0.4) is 0 Å². The van der Waals surface area contributed by atoms with Gasteiger partial charge in [0.15, 0.2) is 0 Å². The van der Waals surface area contributed by atoms with Crippen LogP contribution < -0.4 is 0 Å². The lowest BCUT2D eigenvalue weighted by atomic mass is 10.2. The summed E-state index contributed by atoms with van der Waals surface area (Å²) in [5.74, 6) is 0. The molecule has 0 bridgehead atoms. The summed E-state index contributed by atoms with van der Waals surface area (Å²) in [6.45, 7) is 5.71. The smallest absolute Gasteiger partial charge is 0.0704 e. The van der Waals surface area contributed by atoms with E-state index < -0.39 is 0 Å². The minimum Gasteiger partial charge on any atom is -0.382 e. The Labute approximate surface area is 63.5 Å². The topological polar surface area (TPSA) is 18.5 Å². The van der Waals surface area contributed by atoms with E-state index in [0.29, 0.717) is 12.7 Å². The molecule has 0 aromatic carbocycles. The van der Waals surface area contributed by atoms with Crippen LogP contribution in [0.2, 0.25) is 0 Å². The third kappa shape index (κ3) is 4.77. The number of hydrogen-bond donors (Lipinski definition) is 0. The second-order valence-electron chi connectivity index (χ2n) is 2.30. The predicted molar refractivity (Wildman–Crippen MR) is 42.2 cm³/mol. The summed E-state index contributed by atoms with van der Waals surface area (Å²) >= 11 is 0. The normalized spacial score (nSPS) is 10.8. The fraction of sp³-hybridized carbons (Fsp3) is 1.00. The number of methoxy groups -OCH3 is 1. The molecule has 0 aromatic heterocycles. The molecular formula is C8H18O2. The van der Waals surface area contributed by atoms with Gasteiger partial charge in [0, 0.05) is 7.11 Å². The highest BCUT2D eigenvalue weighted by molar-refractivity contribution is 4.50. The summed E-state index contributed by atoms with van der Waals surface area (Å²) in [4.78, 5) is 0. The van der Waals surface area contributed by atoms with E-state index in [1.807, 2.05) is 0 Å². The van der Waals surface area contributed by atoms with E-state index in [1.165, 1.54) is 0 Å². The molecule has 2 heteroatoms. The predicted octanol–water partition coefficient (Wildman–Crippen LogP) is 1.84. The molecule has 0 fully saturated rings. The van der Waals surface area contributed by atoms with Crippen molar-refractivity contribution in [1.29, 1.82) is 0 Å². The van der Waals surface area contributed by atoms with E-state index in [9.17, 15) is 0 Å². The van der Waals surface area contributed by atoms with Gasteiger partial charge in [0.1, 0.15) is 0 Å². The molecule has 0 aliphatic carbocycles. The zero-order valence-electron chi connectivity index (χ0n) is 7.22. The van der Waals surface area contributed by atoms with Crippen molar-refractivity contribution in [2.75, 3.05) is 20.3 Å². The van der Waals surface area contributed by atoms with Crippen molar-refractivity contribution in [3.8, 4) is 0 Å². The van der Waals surface area contributed by atoms with Gasteiger partial charge in [-0.05, 0) is 12.8 Å². The lowest BCUT2D eigenvalue weighted by molar-refractivity contribution is 0.0139. The van der Waals surface area contributed by atoms with Crippen LogP contribution >= 0.6 is 0 Å². The second kappa shape index (κ2) is 7.03. The SMILES string of the molecule is CCC(CC)OCCOC. The number of hydrogen-bond acceptors (Lipinski definition) is 2. The summed E-state index contributed by atoms with van der Waals surface area (Å²) in [5, 5.41) is 0. The van der Waals surface area contributed by atoms with Crippen LogP contribution in [0, 0.1) is 0 Å². The van der Waals surface area contributed by atoms with Crippen molar-refractivity contribution in [3.05, 3.63) is 0 Å². The third-order valence-electron chi connectivity index (χ3n) is 1.55. The maximum atomic E-state index is 5.46. The average molecular weight is 146 g/mol. The Kier molecular flexibility index (Phi) is 6.98. The van der Waals surface area contributed by atoms with E-state index in [-0.39, 0.29) is 0 Å². The molecule has 0 aliphatic heterocycles. The molecule has 62 valence electrons. The molecular weight excluding hydrogens is 128 g/mol. The van der Waals surface area contributed by atoms with Crippen molar-refractivity contribution in [2.45, 2.75) is 32.8 Å². The fourth-order valence-electron chi connectivity index (χ4n) is 0.822. The Morgan fingerprint density at radius 2 is 1.70 bits per heavy atom. The molecule has 0 spiro atoms. The van der Waals surface area contributed by atoms with Crippen LogP contribution in [0.5, 0.6) is 0 Å². The van der Waals surface area contributed by atoms with E-state index in [4.69, 9.17) is 9.47 Å². The Balaban J connectivity index is 3.09. The van der Waals surface area contributed by atoms with Crippen LogP contribution in [0.25, 0.3) is 0 Å². The monoisotopic (exact) mass is 146 g/mol. The molecule has 0 unspecified atom stereocenters. The molecule has 0 aromatic rings. The van der Waals surface area contributed by atoms with Crippen LogP contribution in [0.15, 0.2) is 0 Å². The quantitative estimate of drug-likeness (QED) is 0.532. The molecule has 0 heterocycles. The van der Waals surface area contributed by atoms with Crippen LogP contribution in [0.1, 0.15) is 26.7 Å². The molecule has 2 nitrogen and oxygen atoms in total. The standard InChI is InChI=1S/C8H18O2/c1-4-8(5-2)10-7-6-9-3/h8H,4-7H2,1-3H3. The van der Waals surface area contributed by atoms with Gasteiger partial charge in [-0.1, -0.05) is 13.8 Å². The van der Waals surface area contributed by atoms with Crippen LogP contribution in [0.4, 0.5) is 0 Å². The highest BCUT2D eigenvalue weighted by Gasteiger charge is 2.00. The van der Waals surface area contributed by atoms with Gasteiger partial charge in [0.2, 0.25) is 0 Å². The summed E-state index contributed by atoms with van der Waals surface area (Å²) in [6, 6.07) is 0. The minimum atomic E-state index is 0.426. The first-order chi connectivity index (χ1) is 4.85. The van der Waals surface area contributed by atoms with Crippen molar-refractivity contribution in [3.63, 3.8) is 0 Å². The van der Waals surface area contributed by atoms with Gasteiger partial charge in [-0.15, -0.1) is 0 Å². The van der Waals surface area contributed by atoms with Gasteiger partial charge in [0.25, 0.3) is 0 Å². The molecule has 0 N–H and O–H groups in total. The minimum absolute atomic E-state index is 0.426. The third-order valence-corrected chi connectivity index (χ3v) is 1.55. The van der Waals surface area contributed by atoms with Crippen LogP contribution in [-0.4, -0.2) is 26.4 Å². The van der Waals surface area contributed by atoms with Gasteiger partial charge < -0.3 is 9.47 Å². The molecule has 0 atom stereocenters. The van der Waals surface area contributed by atoms with E-state index >= 15 is 0 Å². The molecule has 0 radical (unpaired) electrons. The van der Waals surface area contributed by atoms with Gasteiger partial charge in [-0.3, -0.25) is 0 Å². The van der Waals surface area contributed by atoms with Crippen molar-refractivity contribution >= 4 is 0 Å². The molecule has 0 rings (SSSR count). The molecule has 0 amide bonds. The fourth-order valence-corrected chi connectivity index (χ4v) is 0.822. The summed E-state index contributed by atoms with van der Waals surface area (Å²) in [5.41, 5.74) is 0. The van der Waals surface area contributed by atoms with Gasteiger partial charge in [0.05, 0.1) is 19.3 Å². The zero-order valence-corrected chi connectivity index (χ0v) is 7.22. The second-order valence-corrected chi connectivity index (χ2v) is 2.30. The molecule has 0 aliphatic rings. The average Bonchev–Trinajstić information content (AvgIpc) is 1.99. The molecule has 10 heavy (non-hydrogen) atoms. The van der Waals surface area contributed by atoms with Crippen LogP contribution in [-0.2, 0) is 9.47 Å². The maximum Gasteiger partial charge on any atom is 0.0704 e. The Morgan fingerprint density at radius 3 is 2.10 bits per heavy atom. The van der Waals surface area contributed by atoms with Gasteiger partial charge in [-0.2, -0.15) is 0 Å². The Morgan fingerprint density at radius 1 is 1.10 bits per heavy atom. The van der Waals surface area contributed by atoms with E-state index in [2.05, 4.69) is 13.8 Å². The van der Waals surface area contributed by atoms with Crippen molar-refractivity contribution in [1.82, 2.24) is 0 Å². The Hall–Kier alpha value is -0.0800. The number of ether oxygens (including phenoxy) is 2. The van der Waals surface area contributed by atoms with Crippen molar-refractivity contribution < 1.29 is 9.47 Å². The van der Waals surface area contributed by atoms with E-state index in [0.717, 1.165) is 19.4 Å². The number of rotatable bonds is 6. The highest BCUT2D eigenvalue weighted by atomic mass is 16.5. The first-order valence-corrected chi connectivity index (χ1v) is 3.95. The van der Waals surface area contributed by atoms with E-state index in [1.54, 1.807) is 7.11 Å².